The van der Waals surface area contributed by atoms with E-state index in [1.807, 2.05) is 6.07 Å². The van der Waals surface area contributed by atoms with E-state index in [0.717, 1.165) is 22.9 Å². The van der Waals surface area contributed by atoms with Crippen LogP contribution >= 0.6 is 15.9 Å². The minimum Gasteiger partial charge on any atom is -0.193 e. The third-order valence-corrected chi connectivity index (χ3v) is 3.96. The first kappa shape index (κ1) is 11.4. The Bertz CT molecular complexity index is 492. The highest BCUT2D eigenvalue weighted by Gasteiger charge is 2.31. The fourth-order valence-corrected chi connectivity index (χ4v) is 3.32. The average molecular weight is 276 g/mol. The Kier molecular flexibility index (Phi) is 2.90. The van der Waals surface area contributed by atoms with Gasteiger partial charge in [-0.2, -0.15) is 5.26 Å². The van der Waals surface area contributed by atoms with Gasteiger partial charge in [0.15, 0.2) is 0 Å². The summed E-state index contributed by atoms with van der Waals surface area (Å²) in [6.07, 6.45) is 3.76. The second-order valence-corrected chi connectivity index (χ2v) is 5.70. The van der Waals surface area contributed by atoms with Gasteiger partial charge in [-0.3, -0.25) is 0 Å². The Morgan fingerprint density at radius 2 is 2.19 bits per heavy atom. The van der Waals surface area contributed by atoms with Crippen LogP contribution in [0.15, 0.2) is 28.7 Å². The van der Waals surface area contributed by atoms with Crippen LogP contribution < -0.4 is 0 Å². The van der Waals surface area contributed by atoms with Crippen molar-refractivity contribution in [1.82, 2.24) is 0 Å². The van der Waals surface area contributed by atoms with E-state index >= 15 is 0 Å². The molecule has 0 spiro atoms. The van der Waals surface area contributed by atoms with Crippen molar-refractivity contribution in [2.45, 2.75) is 32.1 Å². The highest BCUT2D eigenvalue weighted by Crippen LogP contribution is 2.45. The molecule has 0 heterocycles. The van der Waals surface area contributed by atoms with Crippen LogP contribution in [0.25, 0.3) is 5.57 Å². The fourth-order valence-electron chi connectivity index (χ4n) is 2.41. The molecule has 2 rings (SSSR count). The summed E-state index contributed by atoms with van der Waals surface area (Å²) in [7, 11) is 0. The summed E-state index contributed by atoms with van der Waals surface area (Å²) < 4.78 is 1.15. The van der Waals surface area contributed by atoms with Crippen molar-refractivity contribution in [2.24, 2.45) is 0 Å². The molecule has 1 aliphatic rings. The molecule has 16 heavy (non-hydrogen) atoms. The van der Waals surface area contributed by atoms with Crippen LogP contribution in [0.1, 0.15) is 37.8 Å². The number of hydrogen-bond acceptors (Lipinski definition) is 1. The number of fused-ring (bicyclic) bond motifs is 1. The molecule has 0 saturated carbocycles. The molecule has 82 valence electrons. The molecule has 0 unspecified atom stereocenters. The summed E-state index contributed by atoms with van der Waals surface area (Å²) in [6.45, 7) is 4.53. The van der Waals surface area contributed by atoms with Crippen LogP contribution in [0.3, 0.4) is 0 Å². The molecule has 2 heteroatoms. The number of hydrogen-bond donors (Lipinski definition) is 0. The number of halogens is 1. The first-order valence-electron chi connectivity index (χ1n) is 5.44. The van der Waals surface area contributed by atoms with E-state index in [1.165, 1.54) is 11.1 Å². The summed E-state index contributed by atoms with van der Waals surface area (Å²) in [6, 6.07) is 8.38. The van der Waals surface area contributed by atoms with E-state index in [1.54, 1.807) is 6.08 Å². The Morgan fingerprint density at radius 3 is 2.88 bits per heavy atom. The smallest absolute Gasteiger partial charge is 0.0915 e. The fraction of sp³-hybridized carbons (Fsp3) is 0.357. The van der Waals surface area contributed by atoms with E-state index in [4.69, 9.17) is 5.26 Å². The SMILES string of the molecule is CC1(C)CC/C(=C/C#N)c2cccc(Br)c21. The van der Waals surface area contributed by atoms with Gasteiger partial charge in [-0.1, -0.05) is 41.9 Å². The Labute approximate surface area is 105 Å². The van der Waals surface area contributed by atoms with Crippen molar-refractivity contribution in [3.05, 3.63) is 39.9 Å². The van der Waals surface area contributed by atoms with Crippen LogP contribution in [0.2, 0.25) is 0 Å². The van der Waals surface area contributed by atoms with Crippen molar-refractivity contribution >= 4 is 21.5 Å². The normalized spacial score (nSPS) is 20.2. The summed E-state index contributed by atoms with van der Waals surface area (Å²) in [4.78, 5) is 0. The van der Waals surface area contributed by atoms with Crippen LogP contribution in [0.4, 0.5) is 0 Å². The van der Waals surface area contributed by atoms with Gasteiger partial charge in [-0.25, -0.2) is 0 Å². The topological polar surface area (TPSA) is 23.8 Å². The molecule has 0 fully saturated rings. The Balaban J connectivity index is 2.68. The van der Waals surface area contributed by atoms with Crippen LogP contribution in [-0.4, -0.2) is 0 Å². The molecule has 0 aliphatic heterocycles. The van der Waals surface area contributed by atoms with Gasteiger partial charge in [0.25, 0.3) is 0 Å². The first-order valence-corrected chi connectivity index (χ1v) is 6.23. The summed E-state index contributed by atoms with van der Waals surface area (Å²) in [5, 5.41) is 8.81. The minimum atomic E-state index is 0.183. The lowest BCUT2D eigenvalue weighted by atomic mass is 9.71. The van der Waals surface area contributed by atoms with Gasteiger partial charge in [0.05, 0.1) is 6.07 Å². The molecule has 1 aromatic rings. The van der Waals surface area contributed by atoms with Gasteiger partial charge in [-0.15, -0.1) is 0 Å². The zero-order chi connectivity index (χ0) is 11.8. The third kappa shape index (κ3) is 1.81. The molecule has 0 N–H and O–H groups in total. The van der Waals surface area contributed by atoms with Crippen LogP contribution in [0.5, 0.6) is 0 Å². The predicted molar refractivity (Wildman–Crippen MR) is 70.0 cm³/mol. The van der Waals surface area contributed by atoms with Gasteiger partial charge in [0.2, 0.25) is 0 Å². The van der Waals surface area contributed by atoms with Crippen LogP contribution in [0, 0.1) is 11.3 Å². The molecule has 0 saturated heterocycles. The molecular weight excluding hydrogens is 262 g/mol. The number of benzene rings is 1. The largest absolute Gasteiger partial charge is 0.193 e. The van der Waals surface area contributed by atoms with E-state index < -0.39 is 0 Å². The van der Waals surface area contributed by atoms with Gasteiger partial charge < -0.3 is 0 Å². The molecule has 1 aromatic carbocycles. The maximum absolute atomic E-state index is 8.81. The van der Waals surface area contributed by atoms with Crippen molar-refractivity contribution in [1.29, 1.82) is 5.26 Å². The molecule has 0 bridgehead atoms. The predicted octanol–water partition coefficient (Wildman–Crippen LogP) is 4.43. The maximum Gasteiger partial charge on any atom is 0.0915 e. The summed E-state index contributed by atoms with van der Waals surface area (Å²) >= 11 is 3.63. The molecule has 1 aliphatic carbocycles. The van der Waals surface area contributed by atoms with Crippen molar-refractivity contribution in [2.75, 3.05) is 0 Å². The Morgan fingerprint density at radius 1 is 1.44 bits per heavy atom. The van der Waals surface area contributed by atoms with Gasteiger partial charge in [0.1, 0.15) is 0 Å². The van der Waals surface area contributed by atoms with Crippen molar-refractivity contribution < 1.29 is 0 Å². The number of rotatable bonds is 0. The highest BCUT2D eigenvalue weighted by molar-refractivity contribution is 9.10. The summed E-state index contributed by atoms with van der Waals surface area (Å²) in [5.41, 5.74) is 3.91. The van der Waals surface area contributed by atoms with Gasteiger partial charge in [0, 0.05) is 10.5 Å². The number of allylic oxidation sites excluding steroid dienone is 2. The molecule has 0 radical (unpaired) electrons. The highest BCUT2D eigenvalue weighted by atomic mass is 79.9. The third-order valence-electron chi connectivity index (χ3n) is 3.29. The second-order valence-electron chi connectivity index (χ2n) is 4.84. The Hall–Kier alpha value is -1.07. The standard InChI is InChI=1S/C14H14BrN/c1-14(2)8-6-10(7-9-16)11-4-3-5-12(15)13(11)14/h3-5,7H,6,8H2,1-2H3/b10-7-. The quantitative estimate of drug-likeness (QED) is 0.643. The van der Waals surface area contributed by atoms with E-state index in [0.29, 0.717) is 0 Å². The van der Waals surface area contributed by atoms with Gasteiger partial charge >= 0.3 is 0 Å². The molecule has 0 aromatic heterocycles. The number of nitriles is 1. The molecule has 1 nitrogen and oxygen atoms in total. The lowest BCUT2D eigenvalue weighted by Gasteiger charge is -2.34. The maximum atomic E-state index is 8.81. The van der Waals surface area contributed by atoms with Gasteiger partial charge in [-0.05, 0) is 41.0 Å². The lowest BCUT2D eigenvalue weighted by molar-refractivity contribution is 0.472. The van der Waals surface area contributed by atoms with Crippen molar-refractivity contribution in [3.8, 4) is 6.07 Å². The molecule has 0 amide bonds. The zero-order valence-electron chi connectivity index (χ0n) is 9.55. The van der Waals surface area contributed by atoms with E-state index in [-0.39, 0.29) is 5.41 Å². The van der Waals surface area contributed by atoms with E-state index in [9.17, 15) is 0 Å². The van der Waals surface area contributed by atoms with Crippen LogP contribution in [-0.2, 0) is 5.41 Å². The minimum absolute atomic E-state index is 0.183. The average Bonchev–Trinajstić information content (AvgIpc) is 2.22. The lowest BCUT2D eigenvalue weighted by Crippen LogP contribution is -2.23. The molecule has 0 atom stereocenters. The zero-order valence-corrected chi connectivity index (χ0v) is 11.1. The monoisotopic (exact) mass is 275 g/mol. The second kappa shape index (κ2) is 4.07. The molecular formula is C14H14BrN. The number of nitrogens with zero attached hydrogens (tertiary/aromatic N) is 1. The van der Waals surface area contributed by atoms with Crippen molar-refractivity contribution in [3.63, 3.8) is 0 Å². The van der Waals surface area contributed by atoms with E-state index in [2.05, 4.69) is 48.0 Å². The first-order chi connectivity index (χ1) is 7.56. The summed E-state index contributed by atoms with van der Waals surface area (Å²) in [5.74, 6) is 0.